The molecule has 0 bridgehead atoms. The Hall–Kier alpha value is -0.850. The maximum atomic E-state index is 12.3. The molecule has 1 aromatic rings. The number of nitrogens with one attached hydrogen (secondary N) is 2. The zero-order valence-corrected chi connectivity index (χ0v) is 15.0. The monoisotopic (exact) mass is 351 g/mol. The van der Waals surface area contributed by atoms with Crippen molar-refractivity contribution in [3.05, 3.63) is 35.9 Å². The predicted octanol–water partition coefficient (Wildman–Crippen LogP) is 1.49. The molecule has 7 heteroatoms. The van der Waals surface area contributed by atoms with Gasteiger partial charge in [0.05, 0.1) is 6.61 Å². The Morgan fingerprint density at radius 2 is 1.77 bits per heavy atom. The van der Waals surface area contributed by atoms with Crippen LogP contribution in [0.3, 0.4) is 0 Å². The van der Waals surface area contributed by atoms with Gasteiger partial charge in [-0.3, -0.25) is 9.69 Å². The van der Waals surface area contributed by atoms with E-state index in [4.69, 9.17) is 4.74 Å². The molecule has 0 aliphatic heterocycles. The average molecular weight is 352 g/mol. The molecule has 1 aromatic carbocycles. The van der Waals surface area contributed by atoms with Gasteiger partial charge in [0.1, 0.15) is 6.04 Å². The average Bonchev–Trinajstić information content (AvgIpc) is 2.43. The second kappa shape index (κ2) is 13.8. The lowest BCUT2D eigenvalue weighted by atomic mass is 10.1. The highest BCUT2D eigenvalue weighted by molar-refractivity contribution is 5.85. The van der Waals surface area contributed by atoms with Gasteiger partial charge in [0, 0.05) is 26.7 Å². The van der Waals surface area contributed by atoms with Crippen LogP contribution >= 0.6 is 24.8 Å². The predicted molar refractivity (Wildman–Crippen MR) is 95.1 cm³/mol. The summed E-state index contributed by atoms with van der Waals surface area (Å²) in [5.74, 6) is 0.0229. The highest BCUT2D eigenvalue weighted by atomic mass is 35.5. The molecule has 0 aliphatic rings. The molecule has 0 heterocycles. The van der Waals surface area contributed by atoms with Crippen LogP contribution < -0.4 is 10.6 Å². The number of ether oxygens (including phenoxy) is 1. The van der Waals surface area contributed by atoms with Crippen molar-refractivity contribution in [1.29, 1.82) is 0 Å². The van der Waals surface area contributed by atoms with Gasteiger partial charge in [0.15, 0.2) is 0 Å². The van der Waals surface area contributed by atoms with Crippen LogP contribution in [0.5, 0.6) is 0 Å². The highest BCUT2D eigenvalue weighted by Crippen LogP contribution is 2.17. The normalized spacial score (nSPS) is 11.3. The lowest BCUT2D eigenvalue weighted by molar-refractivity contribution is -0.125. The molecule has 2 N–H and O–H groups in total. The molecule has 1 atom stereocenters. The molecule has 22 heavy (non-hydrogen) atoms. The molecule has 0 aliphatic carbocycles. The van der Waals surface area contributed by atoms with E-state index >= 15 is 0 Å². The molecule has 1 unspecified atom stereocenters. The number of likely N-dealkylation sites (N-methyl/N-ethyl adjacent to an activating group) is 1. The van der Waals surface area contributed by atoms with E-state index in [0.717, 1.165) is 18.7 Å². The van der Waals surface area contributed by atoms with Gasteiger partial charge in [-0.05, 0) is 19.7 Å². The molecule has 0 fully saturated rings. The van der Waals surface area contributed by atoms with E-state index in [1.165, 1.54) is 0 Å². The van der Waals surface area contributed by atoms with E-state index in [1.54, 1.807) is 7.11 Å². The van der Waals surface area contributed by atoms with Crippen LogP contribution in [-0.4, -0.2) is 58.3 Å². The van der Waals surface area contributed by atoms with Gasteiger partial charge >= 0.3 is 0 Å². The molecule has 5 nitrogen and oxygen atoms in total. The number of amides is 1. The summed E-state index contributed by atoms with van der Waals surface area (Å²) in [5.41, 5.74) is 1.00. The van der Waals surface area contributed by atoms with Gasteiger partial charge in [-0.15, -0.1) is 24.8 Å². The van der Waals surface area contributed by atoms with Gasteiger partial charge in [-0.25, -0.2) is 0 Å². The van der Waals surface area contributed by atoms with Crippen LogP contribution in [0.25, 0.3) is 0 Å². The van der Waals surface area contributed by atoms with Gasteiger partial charge in [-0.1, -0.05) is 30.3 Å². The number of halogens is 2. The second-order valence-electron chi connectivity index (χ2n) is 4.81. The summed E-state index contributed by atoms with van der Waals surface area (Å²) in [6.45, 7) is 2.82. The van der Waals surface area contributed by atoms with Crippen LogP contribution in [0.15, 0.2) is 30.3 Å². The largest absolute Gasteiger partial charge is 0.383 e. The van der Waals surface area contributed by atoms with Crippen molar-refractivity contribution in [2.45, 2.75) is 6.04 Å². The molecule has 1 amide bonds. The van der Waals surface area contributed by atoms with E-state index in [2.05, 4.69) is 10.6 Å². The molecular weight excluding hydrogens is 325 g/mol. The number of benzene rings is 1. The Morgan fingerprint density at radius 1 is 1.14 bits per heavy atom. The SMILES string of the molecule is COCCNCCNC(=O)C(c1ccccc1)N(C)C.Cl.Cl. The third kappa shape index (κ3) is 8.56. The fourth-order valence-electron chi connectivity index (χ4n) is 1.99. The first-order chi connectivity index (χ1) is 9.66. The van der Waals surface area contributed by atoms with Crippen molar-refractivity contribution < 1.29 is 9.53 Å². The van der Waals surface area contributed by atoms with Gasteiger partial charge in [0.25, 0.3) is 0 Å². The summed E-state index contributed by atoms with van der Waals surface area (Å²) in [4.78, 5) is 14.2. The van der Waals surface area contributed by atoms with Gasteiger partial charge in [-0.2, -0.15) is 0 Å². The topological polar surface area (TPSA) is 53.6 Å². The Bertz CT molecular complexity index is 392. The summed E-state index contributed by atoms with van der Waals surface area (Å²) in [6.07, 6.45) is 0. The van der Waals surface area contributed by atoms with Gasteiger partial charge in [0.2, 0.25) is 5.91 Å². The van der Waals surface area contributed by atoms with Crippen molar-refractivity contribution in [1.82, 2.24) is 15.5 Å². The number of nitrogens with zero attached hydrogens (tertiary/aromatic N) is 1. The van der Waals surface area contributed by atoms with Gasteiger partial charge < -0.3 is 15.4 Å². The summed E-state index contributed by atoms with van der Waals surface area (Å²) in [5, 5.41) is 6.15. The molecular formula is C15H27Cl2N3O2. The number of rotatable bonds is 9. The molecule has 0 saturated heterocycles. The lowest BCUT2D eigenvalue weighted by Gasteiger charge is -2.23. The molecule has 0 saturated carbocycles. The van der Waals surface area contributed by atoms with Crippen LogP contribution in [-0.2, 0) is 9.53 Å². The number of methoxy groups -OCH3 is 1. The number of carbonyl (C=O) groups is 1. The maximum Gasteiger partial charge on any atom is 0.241 e. The minimum Gasteiger partial charge on any atom is -0.383 e. The minimum absolute atomic E-state index is 0. The van der Waals surface area contributed by atoms with Crippen LogP contribution in [0.2, 0.25) is 0 Å². The zero-order valence-electron chi connectivity index (χ0n) is 13.4. The Kier molecular flexibility index (Phi) is 14.7. The Morgan fingerprint density at radius 3 is 2.32 bits per heavy atom. The third-order valence-corrected chi connectivity index (χ3v) is 2.96. The van der Waals surface area contributed by atoms with E-state index < -0.39 is 0 Å². The van der Waals surface area contributed by atoms with Crippen molar-refractivity contribution in [2.24, 2.45) is 0 Å². The van der Waals surface area contributed by atoms with Crippen molar-refractivity contribution in [3.63, 3.8) is 0 Å². The molecule has 128 valence electrons. The van der Waals surface area contributed by atoms with E-state index in [9.17, 15) is 4.79 Å². The van der Waals surface area contributed by atoms with Crippen molar-refractivity contribution in [3.8, 4) is 0 Å². The minimum atomic E-state index is -0.254. The Labute approximate surface area is 145 Å². The Balaban J connectivity index is 0. The van der Waals surface area contributed by atoms with Crippen LogP contribution in [0.1, 0.15) is 11.6 Å². The first kappa shape index (κ1) is 23.4. The number of carbonyl (C=O) groups excluding carboxylic acids is 1. The van der Waals surface area contributed by atoms with E-state index in [1.807, 2.05) is 49.3 Å². The quantitative estimate of drug-likeness (QED) is 0.661. The van der Waals surface area contributed by atoms with E-state index in [0.29, 0.717) is 13.2 Å². The summed E-state index contributed by atoms with van der Waals surface area (Å²) < 4.78 is 4.94. The summed E-state index contributed by atoms with van der Waals surface area (Å²) in [6, 6.07) is 9.54. The van der Waals surface area contributed by atoms with Crippen LogP contribution in [0, 0.1) is 0 Å². The third-order valence-electron chi connectivity index (χ3n) is 2.96. The lowest BCUT2D eigenvalue weighted by Crippen LogP contribution is -2.40. The standard InChI is InChI=1S/C15H25N3O2.2ClH/c1-18(2)14(13-7-5-4-6-8-13)15(19)17-10-9-16-11-12-20-3;;/h4-8,14,16H,9-12H2,1-3H3,(H,17,19);2*1H. The summed E-state index contributed by atoms with van der Waals surface area (Å²) in [7, 11) is 5.49. The molecule has 0 radical (unpaired) electrons. The highest BCUT2D eigenvalue weighted by Gasteiger charge is 2.21. The van der Waals surface area contributed by atoms with E-state index in [-0.39, 0.29) is 36.8 Å². The molecule has 0 spiro atoms. The zero-order chi connectivity index (χ0) is 14.8. The fourth-order valence-corrected chi connectivity index (χ4v) is 1.99. The first-order valence-electron chi connectivity index (χ1n) is 6.85. The first-order valence-corrected chi connectivity index (χ1v) is 6.85. The van der Waals surface area contributed by atoms with Crippen molar-refractivity contribution >= 4 is 30.7 Å². The van der Waals surface area contributed by atoms with Crippen LogP contribution in [0.4, 0.5) is 0 Å². The maximum absolute atomic E-state index is 12.3. The molecule has 1 rings (SSSR count). The smallest absolute Gasteiger partial charge is 0.241 e. The number of hydrogen-bond acceptors (Lipinski definition) is 4. The fraction of sp³-hybridized carbons (Fsp3) is 0.533. The number of hydrogen-bond donors (Lipinski definition) is 2. The van der Waals surface area contributed by atoms with Crippen molar-refractivity contribution in [2.75, 3.05) is 47.4 Å². The molecule has 0 aromatic heterocycles. The summed E-state index contributed by atoms with van der Waals surface area (Å²) >= 11 is 0. The second-order valence-corrected chi connectivity index (χ2v) is 4.81.